The maximum Gasteiger partial charge on any atom is 0.280 e. The number of hydrogen-bond donors (Lipinski definition) is 1. The van der Waals surface area contributed by atoms with Crippen molar-refractivity contribution in [2.75, 3.05) is 19.1 Å². The van der Waals surface area contributed by atoms with Gasteiger partial charge in [0.25, 0.3) is 11.5 Å². The number of ether oxygens (including phenoxy) is 2. The molecule has 2 heterocycles. The molecule has 3 aromatic rings. The van der Waals surface area contributed by atoms with Crippen LogP contribution in [0.3, 0.4) is 0 Å². The first-order valence-corrected chi connectivity index (χ1v) is 8.49. The maximum absolute atomic E-state index is 12.4. The van der Waals surface area contributed by atoms with Crippen LogP contribution in [0.25, 0.3) is 10.2 Å². The molecule has 0 aliphatic carbocycles. The van der Waals surface area contributed by atoms with Gasteiger partial charge in [-0.15, -0.1) is 11.3 Å². The Hall–Kier alpha value is -2.87. The lowest BCUT2D eigenvalue weighted by Crippen LogP contribution is -2.35. The van der Waals surface area contributed by atoms with Crippen LogP contribution in [0, 0.1) is 0 Å². The van der Waals surface area contributed by atoms with Crippen LogP contribution in [0.2, 0.25) is 0 Å². The average Bonchev–Trinajstić information content (AvgIpc) is 3.07. The molecule has 0 spiro atoms. The molecule has 0 aliphatic rings. The van der Waals surface area contributed by atoms with E-state index in [0.717, 1.165) is 16.0 Å². The summed E-state index contributed by atoms with van der Waals surface area (Å²) >= 11 is 1.47. The summed E-state index contributed by atoms with van der Waals surface area (Å²) in [7, 11) is 1.52. The van der Waals surface area contributed by atoms with Crippen LogP contribution >= 0.6 is 11.3 Å². The lowest BCUT2D eigenvalue weighted by Gasteiger charge is -2.11. The van der Waals surface area contributed by atoms with Gasteiger partial charge in [0.05, 0.1) is 12.5 Å². The number of rotatable bonds is 6. The molecule has 0 aliphatic heterocycles. The summed E-state index contributed by atoms with van der Waals surface area (Å²) in [5.74, 6) is 0.507. The highest BCUT2D eigenvalue weighted by Crippen LogP contribution is 2.25. The molecule has 0 saturated carbocycles. The fourth-order valence-electron chi connectivity index (χ4n) is 2.27. The predicted octanol–water partition coefficient (Wildman–Crippen LogP) is 2.18. The molecule has 0 unspecified atom stereocenters. The molecule has 1 aromatic carbocycles. The highest BCUT2D eigenvalue weighted by atomic mass is 32.1. The van der Waals surface area contributed by atoms with Gasteiger partial charge >= 0.3 is 0 Å². The molecule has 3 rings (SSSR count). The number of para-hydroxylation sites is 2. The van der Waals surface area contributed by atoms with Gasteiger partial charge in [-0.2, -0.15) is 0 Å². The largest absolute Gasteiger partial charge is 0.493 e. The summed E-state index contributed by atoms with van der Waals surface area (Å²) in [5, 5.41) is 0.496. The first-order chi connectivity index (χ1) is 12.1. The van der Waals surface area contributed by atoms with Gasteiger partial charge in [0, 0.05) is 4.88 Å². The minimum absolute atomic E-state index is 0.255. The van der Waals surface area contributed by atoms with Gasteiger partial charge in [-0.1, -0.05) is 19.1 Å². The van der Waals surface area contributed by atoms with Gasteiger partial charge in [0.15, 0.2) is 18.1 Å². The number of aromatic nitrogens is 2. The average molecular weight is 359 g/mol. The molecule has 0 radical (unpaired) electrons. The summed E-state index contributed by atoms with van der Waals surface area (Å²) < 4.78 is 11.7. The standard InChI is InChI=1S/C17H17N3O4S/c1-3-11-8-12-16(25-11)18-10-20(17(12)22)19-15(21)9-24-14-7-5-4-6-13(14)23-2/h4-8,10H,3,9H2,1-2H3,(H,19,21). The summed E-state index contributed by atoms with van der Waals surface area (Å²) in [5.41, 5.74) is 2.17. The Bertz CT molecular complexity index is 964. The number of methoxy groups -OCH3 is 1. The monoisotopic (exact) mass is 359 g/mol. The molecule has 8 heteroatoms. The van der Waals surface area contributed by atoms with Gasteiger partial charge in [-0.05, 0) is 24.6 Å². The van der Waals surface area contributed by atoms with E-state index >= 15 is 0 Å². The number of nitrogens with one attached hydrogen (secondary N) is 1. The number of thiophene rings is 1. The number of amides is 1. The Morgan fingerprint density at radius 1 is 1.32 bits per heavy atom. The van der Waals surface area contributed by atoms with E-state index in [1.807, 2.05) is 13.0 Å². The van der Waals surface area contributed by atoms with Crippen LogP contribution < -0.4 is 20.5 Å². The van der Waals surface area contributed by atoms with Crippen molar-refractivity contribution in [2.45, 2.75) is 13.3 Å². The van der Waals surface area contributed by atoms with Crippen molar-refractivity contribution in [3.05, 3.63) is 51.9 Å². The van der Waals surface area contributed by atoms with Crippen molar-refractivity contribution >= 4 is 27.5 Å². The summed E-state index contributed by atoms with van der Waals surface area (Å²) in [6, 6.07) is 8.82. The van der Waals surface area contributed by atoms with E-state index in [2.05, 4.69) is 10.4 Å². The molecular formula is C17H17N3O4S. The third-order valence-corrected chi connectivity index (χ3v) is 4.71. The highest BCUT2D eigenvalue weighted by molar-refractivity contribution is 7.18. The van der Waals surface area contributed by atoms with Crippen molar-refractivity contribution in [1.82, 2.24) is 9.66 Å². The van der Waals surface area contributed by atoms with Gasteiger partial charge in [-0.3, -0.25) is 15.0 Å². The van der Waals surface area contributed by atoms with E-state index in [4.69, 9.17) is 9.47 Å². The first-order valence-electron chi connectivity index (χ1n) is 7.68. The zero-order valence-corrected chi connectivity index (χ0v) is 14.6. The molecule has 7 nitrogen and oxygen atoms in total. The quantitative estimate of drug-likeness (QED) is 0.729. The zero-order chi connectivity index (χ0) is 17.8. The van der Waals surface area contributed by atoms with E-state index < -0.39 is 5.91 Å². The molecular weight excluding hydrogens is 342 g/mol. The van der Waals surface area contributed by atoms with Crippen LogP contribution in [0.4, 0.5) is 0 Å². The van der Waals surface area contributed by atoms with E-state index in [9.17, 15) is 9.59 Å². The lowest BCUT2D eigenvalue weighted by molar-refractivity contribution is -0.119. The lowest BCUT2D eigenvalue weighted by atomic mass is 10.3. The molecule has 0 fully saturated rings. The van der Waals surface area contributed by atoms with Crippen molar-refractivity contribution in [2.24, 2.45) is 0 Å². The van der Waals surface area contributed by atoms with Crippen LogP contribution in [-0.4, -0.2) is 29.3 Å². The SMILES string of the molecule is CCc1cc2c(=O)n(NC(=O)COc3ccccc3OC)cnc2s1. The second-order valence-corrected chi connectivity index (χ2v) is 6.29. The maximum atomic E-state index is 12.4. The molecule has 0 atom stereocenters. The zero-order valence-electron chi connectivity index (χ0n) is 13.8. The third-order valence-electron chi connectivity index (χ3n) is 3.52. The van der Waals surface area contributed by atoms with E-state index in [1.165, 1.54) is 24.8 Å². The number of aryl methyl sites for hydroxylation is 1. The van der Waals surface area contributed by atoms with Crippen LogP contribution in [0.1, 0.15) is 11.8 Å². The Morgan fingerprint density at radius 2 is 2.08 bits per heavy atom. The Kier molecular flexibility index (Phi) is 4.99. The van der Waals surface area contributed by atoms with Crippen molar-refractivity contribution < 1.29 is 14.3 Å². The molecule has 0 saturated heterocycles. The molecule has 25 heavy (non-hydrogen) atoms. The van der Waals surface area contributed by atoms with E-state index in [0.29, 0.717) is 21.7 Å². The molecule has 0 bridgehead atoms. The number of hydrogen-bond acceptors (Lipinski definition) is 6. The number of nitrogens with zero attached hydrogens (tertiary/aromatic N) is 2. The normalized spacial score (nSPS) is 10.6. The van der Waals surface area contributed by atoms with Gasteiger partial charge in [0.2, 0.25) is 0 Å². The fourth-order valence-corrected chi connectivity index (χ4v) is 3.20. The number of carbonyl (C=O) groups is 1. The topological polar surface area (TPSA) is 82.5 Å². The summed E-state index contributed by atoms with van der Waals surface area (Å²) in [4.78, 5) is 30.4. The molecule has 1 amide bonds. The second-order valence-electron chi connectivity index (χ2n) is 5.18. The second kappa shape index (κ2) is 7.35. The number of carbonyl (C=O) groups excluding carboxylic acids is 1. The van der Waals surface area contributed by atoms with Crippen molar-refractivity contribution in [3.63, 3.8) is 0 Å². The Labute approximate surface area is 147 Å². The number of benzene rings is 1. The summed E-state index contributed by atoms with van der Waals surface area (Å²) in [6.07, 6.45) is 2.14. The van der Waals surface area contributed by atoms with Crippen LogP contribution in [-0.2, 0) is 11.2 Å². The number of fused-ring (bicyclic) bond motifs is 1. The van der Waals surface area contributed by atoms with Crippen molar-refractivity contribution in [3.8, 4) is 11.5 Å². The minimum atomic E-state index is -0.472. The van der Waals surface area contributed by atoms with Crippen LogP contribution in [0.5, 0.6) is 11.5 Å². The first kappa shape index (κ1) is 17.0. The molecule has 1 N–H and O–H groups in total. The Morgan fingerprint density at radius 3 is 2.80 bits per heavy atom. The fraction of sp³-hybridized carbons (Fsp3) is 0.235. The van der Waals surface area contributed by atoms with Gasteiger partial charge in [-0.25, -0.2) is 9.66 Å². The highest BCUT2D eigenvalue weighted by Gasteiger charge is 2.11. The van der Waals surface area contributed by atoms with E-state index in [1.54, 1.807) is 24.3 Å². The Balaban J connectivity index is 1.71. The molecule has 130 valence electrons. The van der Waals surface area contributed by atoms with Gasteiger partial charge < -0.3 is 9.47 Å². The van der Waals surface area contributed by atoms with Gasteiger partial charge in [0.1, 0.15) is 11.2 Å². The van der Waals surface area contributed by atoms with Crippen molar-refractivity contribution in [1.29, 1.82) is 0 Å². The smallest absolute Gasteiger partial charge is 0.280 e. The molecule has 2 aromatic heterocycles. The van der Waals surface area contributed by atoms with E-state index in [-0.39, 0.29) is 12.2 Å². The van der Waals surface area contributed by atoms with Crippen LogP contribution in [0.15, 0.2) is 41.5 Å². The predicted molar refractivity (Wildman–Crippen MR) is 96.1 cm³/mol. The third kappa shape index (κ3) is 3.63. The minimum Gasteiger partial charge on any atom is -0.493 e. The summed E-state index contributed by atoms with van der Waals surface area (Å²) in [6.45, 7) is 1.76.